The molecule has 1 atom stereocenters. The van der Waals surface area contributed by atoms with Gasteiger partial charge in [0.25, 0.3) is 5.91 Å². The van der Waals surface area contributed by atoms with Crippen LogP contribution in [0.25, 0.3) is 0 Å². The molecule has 1 saturated carbocycles. The van der Waals surface area contributed by atoms with E-state index >= 15 is 0 Å². The van der Waals surface area contributed by atoms with Crippen molar-refractivity contribution in [2.75, 3.05) is 19.8 Å². The summed E-state index contributed by atoms with van der Waals surface area (Å²) in [6.07, 6.45) is 7.32. The molecule has 1 aliphatic carbocycles. The Bertz CT molecular complexity index is 500. The van der Waals surface area contributed by atoms with Crippen LogP contribution < -0.4 is 11.1 Å². The lowest BCUT2D eigenvalue weighted by Crippen LogP contribution is -2.49. The van der Waals surface area contributed by atoms with Crippen molar-refractivity contribution in [1.82, 2.24) is 15.1 Å². The zero-order chi connectivity index (χ0) is 16.4. The van der Waals surface area contributed by atoms with Crippen molar-refractivity contribution in [3.63, 3.8) is 0 Å². The van der Waals surface area contributed by atoms with Crippen molar-refractivity contribution in [3.05, 3.63) is 0 Å². The highest BCUT2D eigenvalue weighted by molar-refractivity contribution is 6.07. The Morgan fingerprint density at radius 2 is 1.87 bits per heavy atom. The van der Waals surface area contributed by atoms with Gasteiger partial charge in [0.15, 0.2) is 0 Å². The molecule has 3 fully saturated rings. The maximum atomic E-state index is 12.9. The van der Waals surface area contributed by atoms with Crippen LogP contribution in [-0.4, -0.2) is 52.9 Å². The van der Waals surface area contributed by atoms with E-state index in [-0.39, 0.29) is 30.4 Å². The van der Waals surface area contributed by atoms with Crippen molar-refractivity contribution in [1.29, 1.82) is 0 Å². The number of urea groups is 1. The quantitative estimate of drug-likeness (QED) is 0.751. The van der Waals surface area contributed by atoms with Gasteiger partial charge in [-0.15, -0.1) is 0 Å². The zero-order valence-electron chi connectivity index (χ0n) is 13.6. The van der Waals surface area contributed by atoms with Gasteiger partial charge in [-0.05, 0) is 32.2 Å². The third-order valence-corrected chi connectivity index (χ3v) is 5.45. The van der Waals surface area contributed by atoms with Gasteiger partial charge in [0, 0.05) is 6.54 Å². The third kappa shape index (κ3) is 3.20. The standard InChI is InChI=1S/C16H26N4O3/c17-13(21)12-6-5-9-19(10-12)11-20-14(22)16(18-15(20)23)7-3-1-2-4-8-16/h12H,1-11H2,(H2,17,21)(H,18,23)/t12-/m1/s1. The fourth-order valence-corrected chi connectivity index (χ4v) is 4.09. The van der Waals surface area contributed by atoms with E-state index in [2.05, 4.69) is 5.32 Å². The molecule has 7 heteroatoms. The summed E-state index contributed by atoms with van der Waals surface area (Å²) in [5, 5.41) is 2.95. The molecule has 3 rings (SSSR count). The van der Waals surface area contributed by atoms with Crippen LogP contribution in [0.3, 0.4) is 0 Å². The maximum absolute atomic E-state index is 12.9. The second kappa shape index (κ2) is 6.47. The van der Waals surface area contributed by atoms with E-state index in [1.165, 1.54) is 4.90 Å². The maximum Gasteiger partial charge on any atom is 0.326 e. The molecule has 3 N–H and O–H groups in total. The SMILES string of the molecule is NC(=O)[C@@H]1CCCN(CN2C(=O)NC3(CCCCCC3)C2=O)C1. The number of hydrogen-bond acceptors (Lipinski definition) is 4. The zero-order valence-corrected chi connectivity index (χ0v) is 13.6. The highest BCUT2D eigenvalue weighted by Gasteiger charge is 2.51. The van der Waals surface area contributed by atoms with E-state index in [1.807, 2.05) is 4.90 Å². The highest BCUT2D eigenvalue weighted by atomic mass is 16.2. The number of nitrogens with two attached hydrogens (primary N) is 1. The Labute approximate surface area is 136 Å². The molecule has 23 heavy (non-hydrogen) atoms. The summed E-state index contributed by atoms with van der Waals surface area (Å²) in [7, 11) is 0. The largest absolute Gasteiger partial charge is 0.369 e. The molecular formula is C16H26N4O3. The number of likely N-dealkylation sites (tertiary alicyclic amines) is 1. The number of hydrogen-bond donors (Lipinski definition) is 2. The molecule has 1 spiro atoms. The number of rotatable bonds is 3. The van der Waals surface area contributed by atoms with E-state index in [1.54, 1.807) is 0 Å². The van der Waals surface area contributed by atoms with Crippen molar-refractivity contribution < 1.29 is 14.4 Å². The number of piperidine rings is 1. The first-order chi connectivity index (χ1) is 11.0. The number of amides is 4. The minimum absolute atomic E-state index is 0.0920. The Morgan fingerprint density at radius 3 is 2.52 bits per heavy atom. The van der Waals surface area contributed by atoms with E-state index in [0.717, 1.165) is 57.9 Å². The number of nitrogens with one attached hydrogen (secondary N) is 1. The lowest BCUT2D eigenvalue weighted by molar-refractivity contribution is -0.133. The number of nitrogens with zero attached hydrogens (tertiary/aromatic N) is 2. The number of primary amides is 1. The van der Waals surface area contributed by atoms with Gasteiger partial charge in [-0.25, -0.2) is 9.69 Å². The Kier molecular flexibility index (Phi) is 4.57. The van der Waals surface area contributed by atoms with E-state index < -0.39 is 5.54 Å². The normalized spacial score (nSPS) is 28.7. The van der Waals surface area contributed by atoms with Gasteiger partial charge in [-0.1, -0.05) is 25.7 Å². The van der Waals surface area contributed by atoms with Crippen LogP contribution in [0.4, 0.5) is 4.79 Å². The summed E-state index contributed by atoms with van der Waals surface area (Å²) in [5.74, 6) is -0.575. The number of carbonyl (C=O) groups is 3. The monoisotopic (exact) mass is 322 g/mol. The second-order valence-electron chi connectivity index (χ2n) is 7.12. The van der Waals surface area contributed by atoms with Crippen molar-refractivity contribution in [2.45, 2.75) is 56.9 Å². The fourth-order valence-electron chi connectivity index (χ4n) is 4.09. The first-order valence-corrected chi connectivity index (χ1v) is 8.68. The molecular weight excluding hydrogens is 296 g/mol. The van der Waals surface area contributed by atoms with Gasteiger partial charge < -0.3 is 11.1 Å². The van der Waals surface area contributed by atoms with Gasteiger partial charge >= 0.3 is 6.03 Å². The fraction of sp³-hybridized carbons (Fsp3) is 0.812. The average molecular weight is 322 g/mol. The topological polar surface area (TPSA) is 95.7 Å². The molecule has 2 saturated heterocycles. The molecule has 3 aliphatic rings. The van der Waals surface area contributed by atoms with E-state index in [4.69, 9.17) is 5.73 Å². The second-order valence-corrected chi connectivity index (χ2v) is 7.12. The molecule has 0 bridgehead atoms. The van der Waals surface area contributed by atoms with Crippen LogP contribution in [0.5, 0.6) is 0 Å². The predicted molar refractivity (Wildman–Crippen MR) is 84.2 cm³/mol. The summed E-state index contributed by atoms with van der Waals surface area (Å²) >= 11 is 0. The molecule has 0 aromatic carbocycles. The first-order valence-electron chi connectivity index (χ1n) is 8.68. The predicted octanol–water partition coefficient (Wildman–Crippen LogP) is 0.786. The highest BCUT2D eigenvalue weighted by Crippen LogP contribution is 2.33. The van der Waals surface area contributed by atoms with Crippen LogP contribution in [0, 0.1) is 5.92 Å². The minimum Gasteiger partial charge on any atom is -0.369 e. The summed E-state index contributed by atoms with van der Waals surface area (Å²) in [5.41, 5.74) is 4.71. The lowest BCUT2D eigenvalue weighted by Gasteiger charge is -2.33. The first kappa shape index (κ1) is 16.2. The molecule has 0 aromatic heterocycles. The minimum atomic E-state index is -0.688. The molecule has 0 unspecified atom stereocenters. The van der Waals surface area contributed by atoms with Gasteiger partial charge in [-0.3, -0.25) is 14.5 Å². The van der Waals surface area contributed by atoms with Gasteiger partial charge in [0.05, 0.1) is 12.6 Å². The summed E-state index contributed by atoms with van der Waals surface area (Å²) < 4.78 is 0. The van der Waals surface area contributed by atoms with Gasteiger partial charge in [-0.2, -0.15) is 0 Å². The molecule has 2 heterocycles. The van der Waals surface area contributed by atoms with Crippen molar-refractivity contribution in [2.24, 2.45) is 11.7 Å². The van der Waals surface area contributed by atoms with Crippen LogP contribution in [0.15, 0.2) is 0 Å². The Balaban J connectivity index is 1.67. The molecule has 0 radical (unpaired) electrons. The van der Waals surface area contributed by atoms with Crippen molar-refractivity contribution >= 4 is 17.8 Å². The molecule has 4 amide bonds. The third-order valence-electron chi connectivity index (χ3n) is 5.45. The van der Waals surface area contributed by atoms with Crippen LogP contribution >= 0.6 is 0 Å². The van der Waals surface area contributed by atoms with Crippen LogP contribution in [-0.2, 0) is 9.59 Å². The van der Waals surface area contributed by atoms with E-state index in [9.17, 15) is 14.4 Å². The molecule has 7 nitrogen and oxygen atoms in total. The summed E-state index contributed by atoms with van der Waals surface area (Å²) in [6, 6.07) is -0.293. The van der Waals surface area contributed by atoms with Crippen LogP contribution in [0.2, 0.25) is 0 Å². The van der Waals surface area contributed by atoms with Crippen LogP contribution in [0.1, 0.15) is 51.4 Å². The Morgan fingerprint density at radius 1 is 1.17 bits per heavy atom. The Hall–Kier alpha value is -1.63. The number of carbonyl (C=O) groups excluding carboxylic acids is 3. The molecule has 128 valence electrons. The smallest absolute Gasteiger partial charge is 0.326 e. The van der Waals surface area contributed by atoms with Gasteiger partial charge in [0.1, 0.15) is 5.54 Å². The summed E-state index contributed by atoms with van der Waals surface area (Å²) in [6.45, 7) is 1.57. The van der Waals surface area contributed by atoms with Crippen molar-refractivity contribution in [3.8, 4) is 0 Å². The average Bonchev–Trinajstić information content (AvgIpc) is 2.72. The summed E-state index contributed by atoms with van der Waals surface area (Å²) in [4.78, 5) is 39.9. The number of imide groups is 1. The van der Waals surface area contributed by atoms with E-state index in [0.29, 0.717) is 6.54 Å². The molecule has 2 aliphatic heterocycles. The molecule has 0 aromatic rings. The van der Waals surface area contributed by atoms with Gasteiger partial charge in [0.2, 0.25) is 5.91 Å². The lowest BCUT2D eigenvalue weighted by atomic mass is 9.90.